The second-order valence-corrected chi connectivity index (χ2v) is 5.49. The van der Waals surface area contributed by atoms with Crippen LogP contribution in [0.3, 0.4) is 0 Å². The maximum atomic E-state index is 12.1. The minimum absolute atomic E-state index is 0.0572. The van der Waals surface area contributed by atoms with Gasteiger partial charge in [0.25, 0.3) is 0 Å². The summed E-state index contributed by atoms with van der Waals surface area (Å²) < 4.78 is 5.32. The summed E-state index contributed by atoms with van der Waals surface area (Å²) in [5.41, 5.74) is 0.968. The molecule has 1 aromatic carbocycles. The van der Waals surface area contributed by atoms with Crippen molar-refractivity contribution in [3.63, 3.8) is 0 Å². The van der Waals surface area contributed by atoms with Crippen LogP contribution in [-0.4, -0.2) is 36.5 Å². The molecule has 1 unspecified atom stereocenters. The fourth-order valence-corrected chi connectivity index (χ4v) is 2.89. The number of nitrogens with one attached hydrogen (secondary N) is 1. The molecule has 2 saturated heterocycles. The maximum Gasteiger partial charge on any atom is 0.410 e. The highest BCUT2D eigenvalue weighted by molar-refractivity contribution is 5.81. The Morgan fingerprint density at radius 1 is 1.30 bits per heavy atom. The second-order valence-electron chi connectivity index (χ2n) is 5.49. The third kappa shape index (κ3) is 2.76. The van der Waals surface area contributed by atoms with E-state index in [1.165, 1.54) is 0 Å². The molecule has 5 nitrogen and oxygen atoms in total. The summed E-state index contributed by atoms with van der Waals surface area (Å²) in [6.07, 6.45) is 0.562. The SMILES string of the molecule is O=C1NC[C@H]2CC1CN(C(=O)OCc1ccccc1)C2. The topological polar surface area (TPSA) is 58.6 Å². The van der Waals surface area contributed by atoms with E-state index in [1.54, 1.807) is 4.90 Å². The molecule has 2 amide bonds. The lowest BCUT2D eigenvalue weighted by atomic mass is 9.85. The lowest BCUT2D eigenvalue weighted by Crippen LogP contribution is -2.55. The standard InChI is InChI=1S/C15H18N2O3/c18-14-13-6-12(7-16-14)8-17(9-13)15(19)20-10-11-4-2-1-3-5-11/h1-5,12-13H,6-10H2,(H,16,18)/t12-,13?/m1/s1. The predicted octanol–water partition coefficient (Wildman–Crippen LogP) is 1.39. The molecule has 1 aromatic rings. The number of likely N-dealkylation sites (tertiary alicyclic amines) is 1. The summed E-state index contributed by atoms with van der Waals surface area (Å²) in [4.78, 5) is 25.4. The zero-order chi connectivity index (χ0) is 13.9. The first-order valence-electron chi connectivity index (χ1n) is 6.95. The zero-order valence-electron chi connectivity index (χ0n) is 11.2. The number of piperidine rings is 2. The minimum Gasteiger partial charge on any atom is -0.445 e. The Labute approximate surface area is 117 Å². The van der Waals surface area contributed by atoms with E-state index in [-0.39, 0.29) is 24.5 Å². The highest BCUT2D eigenvalue weighted by atomic mass is 16.6. The second kappa shape index (κ2) is 5.53. The molecule has 1 N–H and O–H groups in total. The number of fused-ring (bicyclic) bond motifs is 2. The summed E-state index contributed by atoms with van der Waals surface area (Å²) in [5, 5.41) is 2.88. The number of rotatable bonds is 2. The van der Waals surface area contributed by atoms with Gasteiger partial charge in [-0.1, -0.05) is 30.3 Å². The first-order chi connectivity index (χ1) is 9.72. The molecule has 0 spiro atoms. The molecular weight excluding hydrogens is 256 g/mol. The summed E-state index contributed by atoms with van der Waals surface area (Å²) in [7, 11) is 0. The van der Waals surface area contributed by atoms with E-state index in [9.17, 15) is 9.59 Å². The van der Waals surface area contributed by atoms with E-state index in [0.717, 1.165) is 12.0 Å². The van der Waals surface area contributed by atoms with Gasteiger partial charge in [-0.3, -0.25) is 4.79 Å². The molecule has 2 heterocycles. The third-order valence-corrected chi connectivity index (χ3v) is 3.94. The number of nitrogens with zero attached hydrogens (tertiary/aromatic N) is 1. The van der Waals surface area contributed by atoms with Crippen LogP contribution in [0.15, 0.2) is 30.3 Å². The Morgan fingerprint density at radius 2 is 2.10 bits per heavy atom. The molecule has 0 aliphatic carbocycles. The summed E-state index contributed by atoms with van der Waals surface area (Å²) in [6.45, 7) is 2.08. The number of hydrogen-bond donors (Lipinski definition) is 1. The molecule has 3 rings (SSSR count). The van der Waals surface area contributed by atoms with Crippen LogP contribution >= 0.6 is 0 Å². The molecule has 106 valence electrons. The maximum absolute atomic E-state index is 12.1. The number of hydrogen-bond acceptors (Lipinski definition) is 3. The predicted molar refractivity (Wildman–Crippen MR) is 72.8 cm³/mol. The van der Waals surface area contributed by atoms with E-state index in [1.807, 2.05) is 30.3 Å². The van der Waals surface area contributed by atoms with Gasteiger partial charge in [0.15, 0.2) is 0 Å². The van der Waals surface area contributed by atoms with Gasteiger partial charge in [-0.05, 0) is 17.9 Å². The monoisotopic (exact) mass is 274 g/mol. The summed E-state index contributed by atoms with van der Waals surface area (Å²) >= 11 is 0. The number of amides is 2. The summed E-state index contributed by atoms with van der Waals surface area (Å²) in [6, 6.07) is 9.60. The van der Waals surface area contributed by atoms with Crippen molar-refractivity contribution in [2.45, 2.75) is 13.0 Å². The first kappa shape index (κ1) is 13.0. The molecule has 2 fully saturated rings. The number of carbonyl (C=O) groups is 2. The molecule has 2 bridgehead atoms. The number of carbonyl (C=O) groups excluding carboxylic acids is 2. The van der Waals surface area contributed by atoms with Crippen molar-refractivity contribution in [1.29, 1.82) is 0 Å². The fourth-order valence-electron chi connectivity index (χ4n) is 2.89. The van der Waals surface area contributed by atoms with Gasteiger partial charge >= 0.3 is 6.09 Å². The van der Waals surface area contributed by atoms with Crippen LogP contribution in [0.1, 0.15) is 12.0 Å². The van der Waals surface area contributed by atoms with Crippen molar-refractivity contribution in [3.05, 3.63) is 35.9 Å². The lowest BCUT2D eigenvalue weighted by molar-refractivity contribution is -0.130. The first-order valence-corrected chi connectivity index (χ1v) is 6.95. The van der Waals surface area contributed by atoms with Crippen LogP contribution in [0.5, 0.6) is 0 Å². The van der Waals surface area contributed by atoms with E-state index in [0.29, 0.717) is 25.6 Å². The average Bonchev–Trinajstić information content (AvgIpc) is 2.50. The Hall–Kier alpha value is -2.04. The Kier molecular flexibility index (Phi) is 3.58. The van der Waals surface area contributed by atoms with Crippen molar-refractivity contribution >= 4 is 12.0 Å². The Morgan fingerprint density at radius 3 is 2.90 bits per heavy atom. The highest BCUT2D eigenvalue weighted by Crippen LogP contribution is 2.25. The van der Waals surface area contributed by atoms with Crippen LogP contribution < -0.4 is 5.32 Å². The molecule has 0 saturated carbocycles. The molecule has 2 aliphatic heterocycles. The van der Waals surface area contributed by atoms with Crippen LogP contribution in [0, 0.1) is 11.8 Å². The molecule has 2 aliphatic rings. The van der Waals surface area contributed by atoms with Gasteiger partial charge in [0.05, 0.1) is 5.92 Å². The average molecular weight is 274 g/mol. The molecule has 5 heteroatoms. The third-order valence-electron chi connectivity index (χ3n) is 3.94. The van der Waals surface area contributed by atoms with Crippen LogP contribution in [0.2, 0.25) is 0 Å². The molecular formula is C15H18N2O3. The zero-order valence-corrected chi connectivity index (χ0v) is 11.2. The molecule has 0 radical (unpaired) electrons. The Balaban J connectivity index is 1.56. The lowest BCUT2D eigenvalue weighted by Gasteiger charge is -2.40. The van der Waals surface area contributed by atoms with Gasteiger partial charge in [-0.2, -0.15) is 0 Å². The van der Waals surface area contributed by atoms with Crippen molar-refractivity contribution < 1.29 is 14.3 Å². The van der Waals surface area contributed by atoms with Crippen LogP contribution in [0.25, 0.3) is 0 Å². The quantitative estimate of drug-likeness (QED) is 0.886. The van der Waals surface area contributed by atoms with Gasteiger partial charge < -0.3 is 15.0 Å². The van der Waals surface area contributed by atoms with E-state index < -0.39 is 0 Å². The molecule has 0 aromatic heterocycles. The van der Waals surface area contributed by atoms with Crippen molar-refractivity contribution in [1.82, 2.24) is 10.2 Å². The van der Waals surface area contributed by atoms with Crippen molar-refractivity contribution in [3.8, 4) is 0 Å². The largest absolute Gasteiger partial charge is 0.445 e. The van der Waals surface area contributed by atoms with Gasteiger partial charge in [-0.15, -0.1) is 0 Å². The van der Waals surface area contributed by atoms with E-state index in [2.05, 4.69) is 5.32 Å². The molecule has 20 heavy (non-hydrogen) atoms. The van der Waals surface area contributed by atoms with Gasteiger partial charge in [0.1, 0.15) is 6.61 Å². The van der Waals surface area contributed by atoms with Crippen molar-refractivity contribution in [2.75, 3.05) is 19.6 Å². The highest BCUT2D eigenvalue weighted by Gasteiger charge is 2.37. The van der Waals surface area contributed by atoms with Gasteiger partial charge in [0.2, 0.25) is 5.91 Å². The minimum atomic E-state index is -0.321. The van der Waals surface area contributed by atoms with Crippen LogP contribution in [-0.2, 0) is 16.1 Å². The fraction of sp³-hybridized carbons (Fsp3) is 0.467. The summed E-state index contributed by atoms with van der Waals surface area (Å²) in [5.74, 6) is 0.337. The molecule has 2 atom stereocenters. The van der Waals surface area contributed by atoms with E-state index >= 15 is 0 Å². The smallest absolute Gasteiger partial charge is 0.410 e. The van der Waals surface area contributed by atoms with Gasteiger partial charge in [0, 0.05) is 19.6 Å². The van der Waals surface area contributed by atoms with Crippen molar-refractivity contribution in [2.24, 2.45) is 11.8 Å². The Bertz CT molecular complexity index is 503. The number of benzene rings is 1. The normalized spacial score (nSPS) is 25.0. The number of ether oxygens (including phenoxy) is 1. The van der Waals surface area contributed by atoms with Crippen LogP contribution in [0.4, 0.5) is 4.79 Å². The van der Waals surface area contributed by atoms with E-state index in [4.69, 9.17) is 4.74 Å². The van der Waals surface area contributed by atoms with Gasteiger partial charge in [-0.25, -0.2) is 4.79 Å².